The Morgan fingerprint density at radius 2 is 1.93 bits per heavy atom. The first-order chi connectivity index (χ1) is 14.1. The van der Waals surface area contributed by atoms with Gasteiger partial charge in [0.1, 0.15) is 11.5 Å². The Morgan fingerprint density at radius 1 is 1.20 bits per heavy atom. The van der Waals surface area contributed by atoms with E-state index in [1.165, 1.54) is 19.3 Å². The molecule has 2 rings (SSSR count). The van der Waals surface area contributed by atoms with Crippen LogP contribution in [0.15, 0.2) is 23.2 Å². The van der Waals surface area contributed by atoms with E-state index in [4.69, 9.17) is 9.47 Å². The third-order valence-electron chi connectivity index (χ3n) is 5.17. The van der Waals surface area contributed by atoms with Gasteiger partial charge in [-0.1, -0.05) is 19.3 Å². The van der Waals surface area contributed by atoms with Crippen molar-refractivity contribution in [2.75, 3.05) is 34.4 Å². The fourth-order valence-electron chi connectivity index (χ4n) is 3.59. The van der Waals surface area contributed by atoms with Crippen LogP contribution in [0, 0.1) is 0 Å². The van der Waals surface area contributed by atoms with E-state index in [9.17, 15) is 4.79 Å². The van der Waals surface area contributed by atoms with E-state index in [1.807, 2.05) is 37.1 Å². The predicted octanol–water partition coefficient (Wildman–Crippen LogP) is 3.56. The first-order valence-corrected chi connectivity index (χ1v) is 10.6. The van der Waals surface area contributed by atoms with Gasteiger partial charge in [0.05, 0.1) is 20.8 Å². The number of carbonyl (C=O) groups excluding carboxylic acids is 1. The van der Waals surface area contributed by atoms with Gasteiger partial charge in [-0.25, -0.2) is 0 Å². The fraction of sp³-hybridized carbons (Fsp3) is 0.636. The largest absolute Gasteiger partial charge is 0.497 e. The number of aliphatic imine (C=N–C) groups is 1. The number of nitrogens with zero attached hydrogens (tertiary/aromatic N) is 2. The molecule has 0 saturated heterocycles. The molecule has 0 aromatic heterocycles. The first-order valence-electron chi connectivity index (χ1n) is 10.6. The molecule has 170 valence electrons. The summed E-state index contributed by atoms with van der Waals surface area (Å²) < 4.78 is 10.8. The van der Waals surface area contributed by atoms with E-state index in [0.717, 1.165) is 42.4 Å². The standard InChI is InChI=1S/C22H36N4O3.HI/c1-5-23-22(24-14-13-21(27)25-18-9-7-6-8-10-18)26(2)16-17-11-12-19(28-3)15-20(17)29-4;/h11-12,15,18H,5-10,13-14,16H2,1-4H3,(H,23,24)(H,25,27);1H. The lowest BCUT2D eigenvalue weighted by atomic mass is 9.95. The van der Waals surface area contributed by atoms with Gasteiger partial charge in [0.2, 0.25) is 5.91 Å². The summed E-state index contributed by atoms with van der Waals surface area (Å²) in [5, 5.41) is 6.45. The monoisotopic (exact) mass is 532 g/mol. The summed E-state index contributed by atoms with van der Waals surface area (Å²) >= 11 is 0. The number of guanidine groups is 1. The summed E-state index contributed by atoms with van der Waals surface area (Å²) in [5.74, 6) is 2.41. The van der Waals surface area contributed by atoms with Crippen LogP contribution in [0.1, 0.15) is 51.0 Å². The molecule has 0 bridgehead atoms. The van der Waals surface area contributed by atoms with E-state index < -0.39 is 0 Å². The second-order valence-corrected chi connectivity index (χ2v) is 7.42. The highest BCUT2D eigenvalue weighted by Gasteiger charge is 2.16. The minimum absolute atomic E-state index is 0. The van der Waals surface area contributed by atoms with Crippen LogP contribution in [-0.4, -0.2) is 57.2 Å². The van der Waals surface area contributed by atoms with Crippen LogP contribution < -0.4 is 20.1 Å². The van der Waals surface area contributed by atoms with Crippen LogP contribution in [0.4, 0.5) is 0 Å². The molecule has 0 radical (unpaired) electrons. The molecule has 8 heteroatoms. The van der Waals surface area contributed by atoms with Crippen molar-refractivity contribution >= 4 is 35.8 Å². The average Bonchev–Trinajstić information content (AvgIpc) is 2.74. The Labute approximate surface area is 198 Å². The molecule has 1 aliphatic carbocycles. The zero-order chi connectivity index (χ0) is 21.1. The molecule has 1 aromatic carbocycles. The van der Waals surface area contributed by atoms with Crippen LogP contribution in [0.3, 0.4) is 0 Å². The molecule has 7 nitrogen and oxygen atoms in total. The van der Waals surface area contributed by atoms with Crippen LogP contribution in [0.5, 0.6) is 11.5 Å². The Hall–Kier alpha value is -1.71. The van der Waals surface area contributed by atoms with Crippen LogP contribution >= 0.6 is 24.0 Å². The molecular weight excluding hydrogens is 495 g/mol. The molecule has 1 fully saturated rings. The maximum absolute atomic E-state index is 12.2. The van der Waals surface area contributed by atoms with Crippen molar-refractivity contribution < 1.29 is 14.3 Å². The zero-order valence-electron chi connectivity index (χ0n) is 18.7. The smallest absolute Gasteiger partial charge is 0.222 e. The first kappa shape index (κ1) is 26.3. The molecule has 0 atom stereocenters. The number of rotatable bonds is 9. The highest BCUT2D eigenvalue weighted by molar-refractivity contribution is 14.0. The van der Waals surface area contributed by atoms with Gasteiger partial charge in [-0.3, -0.25) is 9.79 Å². The SMILES string of the molecule is CCNC(=NCCC(=O)NC1CCCCC1)N(C)Cc1ccc(OC)cc1OC.I. The topological polar surface area (TPSA) is 75.2 Å². The third kappa shape index (κ3) is 8.57. The quantitative estimate of drug-likeness (QED) is 0.289. The van der Waals surface area contributed by atoms with Crippen molar-refractivity contribution in [3.05, 3.63) is 23.8 Å². The third-order valence-corrected chi connectivity index (χ3v) is 5.17. The van der Waals surface area contributed by atoms with E-state index >= 15 is 0 Å². The van der Waals surface area contributed by atoms with Crippen molar-refractivity contribution in [3.63, 3.8) is 0 Å². The summed E-state index contributed by atoms with van der Waals surface area (Å²) in [5.41, 5.74) is 1.04. The maximum atomic E-state index is 12.2. The minimum Gasteiger partial charge on any atom is -0.497 e. The predicted molar refractivity (Wildman–Crippen MR) is 132 cm³/mol. The number of hydrogen-bond acceptors (Lipinski definition) is 4. The van der Waals surface area contributed by atoms with Crippen LogP contribution in [0.25, 0.3) is 0 Å². The molecule has 1 amide bonds. The average molecular weight is 532 g/mol. The lowest BCUT2D eigenvalue weighted by Gasteiger charge is -2.24. The molecule has 2 N–H and O–H groups in total. The molecule has 0 heterocycles. The Bertz CT molecular complexity index is 678. The number of methoxy groups -OCH3 is 2. The molecule has 1 aliphatic rings. The van der Waals surface area contributed by atoms with Crippen molar-refractivity contribution in [3.8, 4) is 11.5 Å². The fourth-order valence-corrected chi connectivity index (χ4v) is 3.59. The minimum atomic E-state index is 0. The van der Waals surface area contributed by atoms with Crippen molar-refractivity contribution in [1.29, 1.82) is 0 Å². The van der Waals surface area contributed by atoms with Crippen molar-refractivity contribution in [2.24, 2.45) is 4.99 Å². The van der Waals surface area contributed by atoms with E-state index in [1.54, 1.807) is 14.2 Å². The molecule has 30 heavy (non-hydrogen) atoms. The van der Waals surface area contributed by atoms with Gasteiger partial charge in [-0.15, -0.1) is 24.0 Å². The zero-order valence-corrected chi connectivity index (χ0v) is 21.0. The highest BCUT2D eigenvalue weighted by atomic mass is 127. The van der Waals surface area contributed by atoms with E-state index in [2.05, 4.69) is 15.6 Å². The number of hydrogen-bond donors (Lipinski definition) is 2. The number of nitrogens with one attached hydrogen (secondary N) is 2. The molecule has 0 spiro atoms. The Morgan fingerprint density at radius 3 is 2.57 bits per heavy atom. The summed E-state index contributed by atoms with van der Waals surface area (Å²) in [6.07, 6.45) is 6.33. The molecule has 0 aliphatic heterocycles. The molecule has 0 unspecified atom stereocenters. The van der Waals surface area contributed by atoms with E-state index in [0.29, 0.717) is 25.6 Å². The number of carbonyl (C=O) groups is 1. The number of halogens is 1. The molecule has 1 saturated carbocycles. The second kappa shape index (κ2) is 14.3. The highest BCUT2D eigenvalue weighted by Crippen LogP contribution is 2.25. The normalized spacial score (nSPS) is 14.5. The van der Waals surface area contributed by atoms with Crippen molar-refractivity contribution in [1.82, 2.24) is 15.5 Å². The Kier molecular flexibility index (Phi) is 12.6. The van der Waals surface area contributed by atoms with Crippen molar-refractivity contribution in [2.45, 2.75) is 58.0 Å². The van der Waals surface area contributed by atoms with E-state index in [-0.39, 0.29) is 29.9 Å². The summed E-state index contributed by atoms with van der Waals surface area (Å²) in [6, 6.07) is 6.14. The van der Waals surface area contributed by atoms with Crippen LogP contribution in [0.2, 0.25) is 0 Å². The molecular formula is C22H37IN4O3. The summed E-state index contributed by atoms with van der Waals surface area (Å²) in [4.78, 5) is 18.9. The Balaban J connectivity index is 0.00000450. The van der Waals surface area contributed by atoms with Gasteiger partial charge in [-0.05, 0) is 31.9 Å². The van der Waals surface area contributed by atoms with Gasteiger partial charge in [0.15, 0.2) is 5.96 Å². The second-order valence-electron chi connectivity index (χ2n) is 7.42. The van der Waals surface area contributed by atoms with Gasteiger partial charge in [0, 0.05) is 44.2 Å². The lowest BCUT2D eigenvalue weighted by molar-refractivity contribution is -0.121. The maximum Gasteiger partial charge on any atom is 0.222 e. The number of amides is 1. The number of ether oxygens (including phenoxy) is 2. The van der Waals surface area contributed by atoms with Gasteiger partial charge in [0.25, 0.3) is 0 Å². The van der Waals surface area contributed by atoms with Gasteiger partial charge in [-0.2, -0.15) is 0 Å². The summed E-state index contributed by atoms with van der Waals surface area (Å²) in [7, 11) is 5.27. The lowest BCUT2D eigenvalue weighted by Crippen LogP contribution is -2.39. The summed E-state index contributed by atoms with van der Waals surface area (Å²) in [6.45, 7) is 3.89. The van der Waals surface area contributed by atoms with Crippen LogP contribution in [-0.2, 0) is 11.3 Å². The van der Waals surface area contributed by atoms with Gasteiger partial charge >= 0.3 is 0 Å². The number of benzene rings is 1. The van der Waals surface area contributed by atoms with Gasteiger partial charge < -0.3 is 25.0 Å². The molecule has 1 aromatic rings.